The molecule has 1 atom stereocenters. The van der Waals surface area contributed by atoms with E-state index in [4.69, 9.17) is 14.2 Å². The summed E-state index contributed by atoms with van der Waals surface area (Å²) in [6.07, 6.45) is 3.74. The van der Waals surface area contributed by atoms with E-state index in [0.29, 0.717) is 11.5 Å². The van der Waals surface area contributed by atoms with Gasteiger partial charge in [-0.1, -0.05) is 24.3 Å². The van der Waals surface area contributed by atoms with Crippen LogP contribution in [0.3, 0.4) is 0 Å². The number of nitrogens with zero attached hydrogens (tertiary/aromatic N) is 1. The molecule has 2 aromatic carbocycles. The minimum absolute atomic E-state index is 0.0260. The number of hydrogen-bond donors (Lipinski definition) is 0. The van der Waals surface area contributed by atoms with Crippen LogP contribution >= 0.6 is 0 Å². The monoisotopic (exact) mass is 409 g/mol. The van der Waals surface area contributed by atoms with Gasteiger partial charge in [0, 0.05) is 17.8 Å². The van der Waals surface area contributed by atoms with Crippen molar-refractivity contribution in [3.05, 3.63) is 59.7 Å². The number of para-hydroxylation sites is 1. The first kappa shape index (κ1) is 21.4. The van der Waals surface area contributed by atoms with Gasteiger partial charge in [-0.2, -0.15) is 0 Å². The second-order valence-corrected chi connectivity index (χ2v) is 7.46. The van der Waals surface area contributed by atoms with E-state index < -0.39 is 5.97 Å². The van der Waals surface area contributed by atoms with Gasteiger partial charge in [-0.25, -0.2) is 4.79 Å². The normalized spacial score (nSPS) is 15.4. The summed E-state index contributed by atoms with van der Waals surface area (Å²) in [6.45, 7) is 5.56. The largest absolute Gasteiger partial charge is 0.493 e. The molecule has 0 N–H and O–H groups in total. The molecule has 0 saturated heterocycles. The number of hydrogen-bond acceptors (Lipinski definition) is 5. The quantitative estimate of drug-likeness (QED) is 0.511. The highest BCUT2D eigenvalue weighted by Gasteiger charge is 2.30. The van der Waals surface area contributed by atoms with Gasteiger partial charge in [-0.15, -0.1) is 0 Å². The lowest BCUT2D eigenvalue weighted by Crippen LogP contribution is -2.38. The third-order valence-corrected chi connectivity index (χ3v) is 4.78. The van der Waals surface area contributed by atoms with Crippen LogP contribution in [0.4, 0.5) is 5.69 Å². The minimum Gasteiger partial charge on any atom is -0.493 e. The number of benzene rings is 2. The number of esters is 1. The predicted molar refractivity (Wildman–Crippen MR) is 116 cm³/mol. The van der Waals surface area contributed by atoms with Crippen molar-refractivity contribution in [2.45, 2.75) is 39.3 Å². The summed E-state index contributed by atoms with van der Waals surface area (Å²) in [6, 6.07) is 13.2. The number of fused-ring (bicyclic) bond motifs is 1. The third-order valence-electron chi connectivity index (χ3n) is 4.78. The van der Waals surface area contributed by atoms with E-state index in [2.05, 4.69) is 0 Å². The Kier molecular flexibility index (Phi) is 6.77. The van der Waals surface area contributed by atoms with Crippen LogP contribution in [0.5, 0.6) is 11.5 Å². The third kappa shape index (κ3) is 5.00. The molecule has 0 saturated carbocycles. The SMILES string of the molecule is COc1cc(/C=C/C(=O)OCC(=O)N2c3ccccc3C[C@H]2C)ccc1OC(C)C. The van der Waals surface area contributed by atoms with Crippen LogP contribution in [0.1, 0.15) is 31.9 Å². The lowest BCUT2D eigenvalue weighted by molar-refractivity contribution is -0.143. The van der Waals surface area contributed by atoms with E-state index in [0.717, 1.165) is 23.2 Å². The zero-order valence-electron chi connectivity index (χ0n) is 17.8. The lowest BCUT2D eigenvalue weighted by atomic mass is 10.1. The summed E-state index contributed by atoms with van der Waals surface area (Å²) in [7, 11) is 1.56. The van der Waals surface area contributed by atoms with Gasteiger partial charge < -0.3 is 19.1 Å². The molecule has 3 rings (SSSR count). The fourth-order valence-corrected chi connectivity index (χ4v) is 3.50. The average Bonchev–Trinajstić information content (AvgIpc) is 3.06. The van der Waals surface area contributed by atoms with Crippen LogP contribution in [0.2, 0.25) is 0 Å². The van der Waals surface area contributed by atoms with E-state index in [1.807, 2.05) is 51.1 Å². The van der Waals surface area contributed by atoms with Crippen LogP contribution in [-0.2, 0) is 20.7 Å². The highest BCUT2D eigenvalue weighted by atomic mass is 16.5. The summed E-state index contributed by atoms with van der Waals surface area (Å²) in [5, 5.41) is 0. The molecule has 1 amide bonds. The van der Waals surface area contributed by atoms with Crippen molar-refractivity contribution in [3.63, 3.8) is 0 Å². The average molecular weight is 409 g/mol. The van der Waals surface area contributed by atoms with Gasteiger partial charge in [0.1, 0.15) is 0 Å². The molecule has 30 heavy (non-hydrogen) atoms. The highest BCUT2D eigenvalue weighted by molar-refractivity contribution is 5.98. The van der Waals surface area contributed by atoms with E-state index in [-0.39, 0.29) is 24.7 Å². The molecule has 6 nitrogen and oxygen atoms in total. The van der Waals surface area contributed by atoms with Crippen LogP contribution in [-0.4, -0.2) is 37.7 Å². The zero-order chi connectivity index (χ0) is 21.7. The molecule has 0 fully saturated rings. The van der Waals surface area contributed by atoms with Crippen molar-refractivity contribution >= 4 is 23.6 Å². The Morgan fingerprint density at radius 1 is 1.17 bits per heavy atom. The molecule has 0 aromatic heterocycles. The maximum Gasteiger partial charge on any atom is 0.331 e. The van der Waals surface area contributed by atoms with Crippen molar-refractivity contribution in [1.29, 1.82) is 0 Å². The van der Waals surface area contributed by atoms with Crippen LogP contribution < -0.4 is 14.4 Å². The van der Waals surface area contributed by atoms with Crippen molar-refractivity contribution in [2.75, 3.05) is 18.6 Å². The number of methoxy groups -OCH3 is 1. The Labute approximate surface area is 177 Å². The highest BCUT2D eigenvalue weighted by Crippen LogP contribution is 2.32. The van der Waals surface area contributed by atoms with E-state index in [1.54, 1.807) is 30.2 Å². The van der Waals surface area contributed by atoms with Gasteiger partial charge in [-0.05, 0) is 62.6 Å². The molecule has 0 spiro atoms. The minimum atomic E-state index is -0.579. The molecule has 2 aromatic rings. The van der Waals surface area contributed by atoms with Crippen molar-refractivity contribution in [2.24, 2.45) is 0 Å². The number of ether oxygens (including phenoxy) is 3. The van der Waals surface area contributed by atoms with Gasteiger partial charge >= 0.3 is 5.97 Å². The molecule has 0 aliphatic carbocycles. The number of amides is 1. The summed E-state index contributed by atoms with van der Waals surface area (Å²) < 4.78 is 16.2. The topological polar surface area (TPSA) is 65.1 Å². The molecule has 0 unspecified atom stereocenters. The molecule has 158 valence electrons. The van der Waals surface area contributed by atoms with Gasteiger partial charge in [-0.3, -0.25) is 4.79 Å². The first-order valence-corrected chi connectivity index (χ1v) is 9.98. The van der Waals surface area contributed by atoms with Gasteiger partial charge in [0.05, 0.1) is 13.2 Å². The van der Waals surface area contributed by atoms with Crippen LogP contribution in [0, 0.1) is 0 Å². The molecule has 6 heteroatoms. The Hall–Kier alpha value is -3.28. The second kappa shape index (κ2) is 9.48. The van der Waals surface area contributed by atoms with Gasteiger partial charge in [0.25, 0.3) is 5.91 Å². The fraction of sp³-hybridized carbons (Fsp3) is 0.333. The Balaban J connectivity index is 1.58. The summed E-state index contributed by atoms with van der Waals surface area (Å²) in [4.78, 5) is 26.4. The molecule has 0 bridgehead atoms. The van der Waals surface area contributed by atoms with E-state index in [9.17, 15) is 9.59 Å². The fourth-order valence-electron chi connectivity index (χ4n) is 3.50. The maximum atomic E-state index is 12.6. The van der Waals surface area contributed by atoms with Crippen molar-refractivity contribution < 1.29 is 23.8 Å². The number of carbonyl (C=O) groups is 2. The molecule has 1 heterocycles. The maximum absolute atomic E-state index is 12.6. The summed E-state index contributed by atoms with van der Waals surface area (Å²) in [5.74, 6) is 0.407. The van der Waals surface area contributed by atoms with Crippen molar-refractivity contribution in [1.82, 2.24) is 0 Å². The van der Waals surface area contributed by atoms with Crippen LogP contribution in [0.25, 0.3) is 6.08 Å². The second-order valence-electron chi connectivity index (χ2n) is 7.46. The Bertz CT molecular complexity index is 950. The Morgan fingerprint density at radius 3 is 2.67 bits per heavy atom. The molecule has 1 aliphatic rings. The first-order chi connectivity index (χ1) is 14.4. The van der Waals surface area contributed by atoms with Crippen molar-refractivity contribution in [3.8, 4) is 11.5 Å². The number of rotatable bonds is 7. The molecular weight excluding hydrogens is 382 g/mol. The number of anilines is 1. The van der Waals surface area contributed by atoms with Gasteiger partial charge in [0.15, 0.2) is 18.1 Å². The molecule has 0 radical (unpaired) electrons. The summed E-state index contributed by atoms with van der Waals surface area (Å²) >= 11 is 0. The van der Waals surface area contributed by atoms with E-state index >= 15 is 0 Å². The Morgan fingerprint density at radius 2 is 1.93 bits per heavy atom. The number of carbonyl (C=O) groups excluding carboxylic acids is 2. The first-order valence-electron chi connectivity index (χ1n) is 9.98. The van der Waals surface area contributed by atoms with Crippen LogP contribution in [0.15, 0.2) is 48.5 Å². The summed E-state index contributed by atoms with van der Waals surface area (Å²) in [5.41, 5.74) is 2.77. The van der Waals surface area contributed by atoms with Gasteiger partial charge in [0.2, 0.25) is 0 Å². The lowest BCUT2D eigenvalue weighted by Gasteiger charge is -2.22. The van der Waals surface area contributed by atoms with E-state index in [1.165, 1.54) is 6.08 Å². The zero-order valence-corrected chi connectivity index (χ0v) is 17.8. The predicted octanol–water partition coefficient (Wildman–Crippen LogP) is 4.02. The molecular formula is C24H27NO5. The smallest absolute Gasteiger partial charge is 0.331 e. The molecule has 1 aliphatic heterocycles. The standard InChI is InChI=1S/C24H27NO5/c1-16(2)30-21-11-9-18(14-22(21)28-4)10-12-24(27)29-15-23(26)25-17(3)13-19-7-5-6-8-20(19)25/h5-12,14,16-17H,13,15H2,1-4H3/b12-10+/t17-/m1/s1.